The van der Waals surface area contributed by atoms with Crippen molar-refractivity contribution < 1.29 is 14.3 Å². The molecule has 3 heterocycles. The molecule has 31 heavy (non-hydrogen) atoms. The first kappa shape index (κ1) is 20.5. The van der Waals surface area contributed by atoms with E-state index in [1.54, 1.807) is 17.0 Å². The Morgan fingerprint density at radius 3 is 2.42 bits per heavy atom. The number of rotatable bonds is 3. The highest BCUT2D eigenvalue weighted by Crippen LogP contribution is 2.38. The van der Waals surface area contributed by atoms with Crippen LogP contribution in [-0.2, 0) is 4.74 Å². The Kier molecular flexibility index (Phi) is 5.19. The molecule has 0 spiro atoms. The summed E-state index contributed by atoms with van der Waals surface area (Å²) in [5.41, 5.74) is 3.88. The first-order chi connectivity index (χ1) is 14.8. The van der Waals surface area contributed by atoms with Gasteiger partial charge in [0.2, 0.25) is 5.88 Å². The van der Waals surface area contributed by atoms with Crippen LogP contribution in [0, 0.1) is 6.92 Å². The second-order valence-electron chi connectivity index (χ2n) is 8.19. The molecule has 0 aliphatic rings. The summed E-state index contributed by atoms with van der Waals surface area (Å²) in [6.07, 6.45) is 2.93. The lowest BCUT2D eigenvalue weighted by atomic mass is 10.1. The first-order valence-electron chi connectivity index (χ1n) is 9.96. The van der Waals surface area contributed by atoms with Gasteiger partial charge in [-0.1, -0.05) is 18.2 Å². The number of hydrogen-bond donors (Lipinski definition) is 0. The number of carbonyl (C=O) groups is 1. The molecule has 0 N–H and O–H groups in total. The van der Waals surface area contributed by atoms with Gasteiger partial charge in [0.05, 0.1) is 29.6 Å². The average Bonchev–Trinajstić information content (AvgIpc) is 3.05. The third-order valence-electron chi connectivity index (χ3n) is 4.89. The van der Waals surface area contributed by atoms with Gasteiger partial charge in [0, 0.05) is 23.3 Å². The predicted octanol–water partition coefficient (Wildman–Crippen LogP) is 5.26. The molecule has 7 heteroatoms. The van der Waals surface area contributed by atoms with Crippen LogP contribution in [0.5, 0.6) is 5.88 Å². The van der Waals surface area contributed by atoms with Gasteiger partial charge < -0.3 is 9.47 Å². The topological polar surface area (TPSA) is 79.1 Å². The van der Waals surface area contributed by atoms with E-state index in [0.717, 1.165) is 22.0 Å². The van der Waals surface area contributed by atoms with Crippen molar-refractivity contribution in [3.8, 4) is 28.4 Å². The quantitative estimate of drug-likeness (QED) is 0.453. The minimum absolute atomic E-state index is 0.327. The molecule has 0 aliphatic carbocycles. The molecular weight excluding hydrogens is 392 g/mol. The summed E-state index contributed by atoms with van der Waals surface area (Å²) in [6, 6.07) is 13.3. The van der Waals surface area contributed by atoms with E-state index >= 15 is 0 Å². The van der Waals surface area contributed by atoms with Crippen LogP contribution in [0.15, 0.2) is 54.9 Å². The lowest BCUT2D eigenvalue weighted by Crippen LogP contribution is -2.27. The number of ether oxygens (including phenoxy) is 2. The number of methoxy groups -OCH3 is 1. The summed E-state index contributed by atoms with van der Waals surface area (Å²) in [6.45, 7) is 7.52. The molecule has 0 bridgehead atoms. The van der Waals surface area contributed by atoms with Gasteiger partial charge in [-0.25, -0.2) is 9.36 Å². The number of nitrogens with zero attached hydrogens (tertiary/aromatic N) is 4. The van der Waals surface area contributed by atoms with Crippen molar-refractivity contribution in [3.05, 3.63) is 60.4 Å². The normalized spacial score (nSPS) is 11.5. The molecule has 1 aromatic carbocycles. The summed E-state index contributed by atoms with van der Waals surface area (Å²) in [7, 11) is 1.54. The summed E-state index contributed by atoms with van der Waals surface area (Å²) >= 11 is 0. The SMILES string of the molecule is COc1nnc(-c2ccncc2)cc1-c1c(C)c2ccccc2n1C(=O)OC(C)(C)C. The third kappa shape index (κ3) is 3.86. The Bertz CT molecular complexity index is 1260. The van der Waals surface area contributed by atoms with Gasteiger partial charge >= 0.3 is 6.09 Å². The monoisotopic (exact) mass is 416 g/mol. The van der Waals surface area contributed by atoms with Crippen molar-refractivity contribution in [1.29, 1.82) is 0 Å². The van der Waals surface area contributed by atoms with Crippen LogP contribution < -0.4 is 4.74 Å². The van der Waals surface area contributed by atoms with Crippen molar-refractivity contribution in [3.63, 3.8) is 0 Å². The van der Waals surface area contributed by atoms with Gasteiger partial charge in [-0.15, -0.1) is 10.2 Å². The Morgan fingerprint density at radius 2 is 1.74 bits per heavy atom. The zero-order valence-electron chi connectivity index (χ0n) is 18.2. The Labute approximate surface area is 180 Å². The van der Waals surface area contributed by atoms with Crippen LogP contribution in [0.3, 0.4) is 0 Å². The molecule has 0 unspecified atom stereocenters. The molecule has 0 saturated heterocycles. The standard InChI is InChI=1S/C24H24N4O3/c1-15-17-8-6-7-9-20(17)28(23(29)31-24(2,3)4)21(15)18-14-19(26-27-22(18)30-5)16-10-12-25-13-11-16/h6-14H,1-5H3. The summed E-state index contributed by atoms with van der Waals surface area (Å²) in [4.78, 5) is 17.4. The molecule has 0 saturated carbocycles. The first-order valence-corrected chi connectivity index (χ1v) is 9.96. The zero-order chi connectivity index (χ0) is 22.2. The molecule has 0 fully saturated rings. The predicted molar refractivity (Wildman–Crippen MR) is 119 cm³/mol. The van der Waals surface area contributed by atoms with Crippen molar-refractivity contribution in [2.24, 2.45) is 0 Å². The highest BCUT2D eigenvalue weighted by Gasteiger charge is 2.27. The number of benzene rings is 1. The maximum Gasteiger partial charge on any atom is 0.419 e. The lowest BCUT2D eigenvalue weighted by Gasteiger charge is -2.21. The average molecular weight is 416 g/mol. The second-order valence-corrected chi connectivity index (χ2v) is 8.19. The van der Waals surface area contributed by atoms with E-state index in [1.807, 2.05) is 70.2 Å². The van der Waals surface area contributed by atoms with E-state index in [4.69, 9.17) is 9.47 Å². The van der Waals surface area contributed by atoms with Gasteiger partial charge in [-0.2, -0.15) is 0 Å². The molecule has 0 radical (unpaired) electrons. The van der Waals surface area contributed by atoms with E-state index in [1.165, 1.54) is 7.11 Å². The van der Waals surface area contributed by atoms with Gasteiger partial charge in [-0.3, -0.25) is 4.98 Å². The summed E-state index contributed by atoms with van der Waals surface area (Å²) in [5, 5.41) is 9.52. The fourth-order valence-corrected chi connectivity index (χ4v) is 3.59. The lowest BCUT2D eigenvalue weighted by molar-refractivity contribution is 0.0547. The second kappa shape index (κ2) is 7.83. The van der Waals surface area contributed by atoms with Crippen molar-refractivity contribution in [2.45, 2.75) is 33.3 Å². The molecule has 0 atom stereocenters. The Morgan fingerprint density at radius 1 is 1.03 bits per heavy atom. The van der Waals surface area contributed by atoms with Crippen LogP contribution in [-0.4, -0.2) is 38.6 Å². The largest absolute Gasteiger partial charge is 0.479 e. The van der Waals surface area contributed by atoms with Crippen LogP contribution >= 0.6 is 0 Å². The van der Waals surface area contributed by atoms with Gasteiger partial charge in [0.1, 0.15) is 5.60 Å². The molecule has 4 rings (SSSR count). The Balaban J connectivity index is 2.01. The number of fused-ring (bicyclic) bond motifs is 1. The van der Waals surface area contributed by atoms with Crippen molar-refractivity contribution in [2.75, 3.05) is 7.11 Å². The zero-order valence-corrected chi connectivity index (χ0v) is 18.2. The van der Waals surface area contributed by atoms with E-state index in [2.05, 4.69) is 15.2 Å². The van der Waals surface area contributed by atoms with Crippen molar-refractivity contribution in [1.82, 2.24) is 19.7 Å². The number of hydrogen-bond acceptors (Lipinski definition) is 6. The number of para-hydroxylation sites is 1. The third-order valence-corrected chi connectivity index (χ3v) is 4.89. The van der Waals surface area contributed by atoms with Crippen LogP contribution in [0.2, 0.25) is 0 Å². The minimum Gasteiger partial charge on any atom is -0.479 e. The fraction of sp³-hybridized carbons (Fsp3) is 0.250. The van der Waals surface area contributed by atoms with Crippen molar-refractivity contribution >= 4 is 17.0 Å². The van der Waals surface area contributed by atoms with E-state index in [9.17, 15) is 4.79 Å². The maximum atomic E-state index is 13.3. The highest BCUT2D eigenvalue weighted by molar-refractivity contribution is 6.00. The smallest absolute Gasteiger partial charge is 0.419 e. The van der Waals surface area contributed by atoms with E-state index < -0.39 is 11.7 Å². The van der Waals surface area contributed by atoms with Crippen LogP contribution in [0.4, 0.5) is 4.79 Å². The fourth-order valence-electron chi connectivity index (χ4n) is 3.59. The van der Waals surface area contributed by atoms with E-state index in [0.29, 0.717) is 22.8 Å². The molecular formula is C24H24N4O3. The Hall–Kier alpha value is -3.74. The molecule has 0 aliphatic heterocycles. The van der Waals surface area contributed by atoms with Crippen LogP contribution in [0.25, 0.3) is 33.4 Å². The minimum atomic E-state index is -0.642. The van der Waals surface area contributed by atoms with Gasteiger partial charge in [0.15, 0.2) is 0 Å². The highest BCUT2D eigenvalue weighted by atomic mass is 16.6. The molecule has 0 amide bonds. The van der Waals surface area contributed by atoms with Crippen LogP contribution in [0.1, 0.15) is 26.3 Å². The number of pyridine rings is 1. The van der Waals surface area contributed by atoms with Gasteiger partial charge in [0.25, 0.3) is 0 Å². The number of aromatic nitrogens is 4. The summed E-state index contributed by atoms with van der Waals surface area (Å²) < 4.78 is 12.8. The van der Waals surface area contributed by atoms with Gasteiger partial charge in [-0.05, 0) is 57.5 Å². The summed E-state index contributed by atoms with van der Waals surface area (Å²) in [5.74, 6) is 0.327. The molecule has 4 aromatic rings. The number of carbonyl (C=O) groups excluding carboxylic acids is 1. The maximum absolute atomic E-state index is 13.3. The molecule has 158 valence electrons. The van der Waals surface area contributed by atoms with E-state index in [-0.39, 0.29) is 0 Å². The molecule has 3 aromatic heterocycles. The number of aryl methyl sites for hydroxylation is 1. The molecule has 7 nitrogen and oxygen atoms in total.